The molecule has 0 radical (unpaired) electrons. The second kappa shape index (κ2) is 6.06. The van der Waals surface area contributed by atoms with E-state index in [1.165, 1.54) is 0 Å². The molecule has 0 heterocycles. The Bertz CT molecular complexity index is 715. The van der Waals surface area contributed by atoms with Crippen molar-refractivity contribution in [2.45, 2.75) is 18.6 Å². The van der Waals surface area contributed by atoms with Gasteiger partial charge in [0.2, 0.25) is 0 Å². The van der Waals surface area contributed by atoms with Gasteiger partial charge in [0.05, 0.1) is 6.10 Å². The van der Waals surface area contributed by atoms with Gasteiger partial charge in [0, 0.05) is 0 Å². The number of aliphatic hydroxyl groups is 2. The van der Waals surface area contributed by atoms with E-state index in [-0.39, 0.29) is 0 Å². The molecular formula is C18H18O2S. The molecule has 108 valence electrons. The normalized spacial score (nSPS) is 14.4. The predicted octanol–water partition coefficient (Wildman–Crippen LogP) is 3.71. The zero-order valence-corrected chi connectivity index (χ0v) is 12.5. The van der Waals surface area contributed by atoms with Crippen molar-refractivity contribution in [2.75, 3.05) is 5.75 Å². The molecule has 0 amide bonds. The summed E-state index contributed by atoms with van der Waals surface area (Å²) in [5, 5.41) is 24.9. The Morgan fingerprint density at radius 1 is 0.857 bits per heavy atom. The second-order valence-electron chi connectivity index (χ2n) is 5.26. The summed E-state index contributed by atoms with van der Waals surface area (Å²) in [6, 6.07) is 18.0. The van der Waals surface area contributed by atoms with Gasteiger partial charge in [-0.15, -0.1) is 0 Å². The second-order valence-corrected chi connectivity index (χ2v) is 5.70. The van der Waals surface area contributed by atoms with Crippen LogP contribution >= 0.6 is 12.6 Å². The Morgan fingerprint density at radius 2 is 1.38 bits per heavy atom. The SMILES string of the molecule is OC(CCS)C(O)c1c2ccccc2cc2ccccc12. The fourth-order valence-electron chi connectivity index (χ4n) is 2.85. The van der Waals surface area contributed by atoms with Gasteiger partial charge < -0.3 is 10.2 Å². The van der Waals surface area contributed by atoms with Crippen LogP contribution in [-0.4, -0.2) is 22.1 Å². The Kier molecular flexibility index (Phi) is 4.15. The minimum atomic E-state index is -0.909. The van der Waals surface area contributed by atoms with Crippen LogP contribution in [-0.2, 0) is 0 Å². The van der Waals surface area contributed by atoms with Crippen LogP contribution in [0, 0.1) is 0 Å². The van der Waals surface area contributed by atoms with Gasteiger partial charge in [-0.1, -0.05) is 48.5 Å². The first-order valence-corrected chi connectivity index (χ1v) is 7.73. The van der Waals surface area contributed by atoms with Crippen molar-refractivity contribution in [1.29, 1.82) is 0 Å². The van der Waals surface area contributed by atoms with Crippen molar-refractivity contribution in [2.24, 2.45) is 0 Å². The van der Waals surface area contributed by atoms with Crippen LogP contribution in [0.3, 0.4) is 0 Å². The van der Waals surface area contributed by atoms with Gasteiger partial charge in [-0.2, -0.15) is 12.6 Å². The van der Waals surface area contributed by atoms with Crippen LogP contribution < -0.4 is 0 Å². The largest absolute Gasteiger partial charge is 0.390 e. The number of thiol groups is 1. The molecular weight excluding hydrogens is 280 g/mol. The smallest absolute Gasteiger partial charge is 0.106 e. The molecule has 2 nitrogen and oxygen atoms in total. The number of fused-ring (bicyclic) bond motifs is 2. The topological polar surface area (TPSA) is 40.5 Å². The third-order valence-corrected chi connectivity index (χ3v) is 4.16. The molecule has 0 spiro atoms. The van der Waals surface area contributed by atoms with Crippen molar-refractivity contribution < 1.29 is 10.2 Å². The van der Waals surface area contributed by atoms with Crippen LogP contribution in [0.25, 0.3) is 21.5 Å². The molecule has 3 aromatic rings. The zero-order chi connectivity index (χ0) is 14.8. The molecule has 3 aromatic carbocycles. The Balaban J connectivity index is 2.29. The molecule has 3 heteroatoms. The van der Waals surface area contributed by atoms with Crippen molar-refractivity contribution in [3.63, 3.8) is 0 Å². The maximum Gasteiger partial charge on any atom is 0.106 e. The molecule has 0 saturated carbocycles. The van der Waals surface area contributed by atoms with E-state index in [0.717, 1.165) is 27.1 Å². The average Bonchev–Trinajstić information content (AvgIpc) is 2.52. The molecule has 2 atom stereocenters. The third-order valence-electron chi connectivity index (χ3n) is 3.90. The van der Waals surface area contributed by atoms with E-state index < -0.39 is 12.2 Å². The highest BCUT2D eigenvalue weighted by Crippen LogP contribution is 2.34. The number of rotatable bonds is 4. The summed E-state index contributed by atoms with van der Waals surface area (Å²) < 4.78 is 0. The summed E-state index contributed by atoms with van der Waals surface area (Å²) in [7, 11) is 0. The summed E-state index contributed by atoms with van der Waals surface area (Å²) in [6.07, 6.45) is -1.26. The minimum Gasteiger partial charge on any atom is -0.390 e. The van der Waals surface area contributed by atoms with E-state index in [0.29, 0.717) is 12.2 Å². The Morgan fingerprint density at radius 3 is 1.90 bits per heavy atom. The van der Waals surface area contributed by atoms with E-state index in [9.17, 15) is 10.2 Å². The number of benzene rings is 3. The monoisotopic (exact) mass is 298 g/mol. The van der Waals surface area contributed by atoms with E-state index >= 15 is 0 Å². The average molecular weight is 298 g/mol. The van der Waals surface area contributed by atoms with Crippen LogP contribution in [0.1, 0.15) is 18.1 Å². The van der Waals surface area contributed by atoms with Crippen LogP contribution in [0.4, 0.5) is 0 Å². The highest BCUT2D eigenvalue weighted by atomic mass is 32.1. The lowest BCUT2D eigenvalue weighted by molar-refractivity contribution is 0.0189. The molecule has 0 aliphatic heterocycles. The van der Waals surface area contributed by atoms with Crippen LogP contribution in [0.2, 0.25) is 0 Å². The van der Waals surface area contributed by atoms with Crippen molar-refractivity contribution in [3.8, 4) is 0 Å². The quantitative estimate of drug-likeness (QED) is 0.507. The summed E-state index contributed by atoms with van der Waals surface area (Å²) in [5.41, 5.74) is 0.804. The lowest BCUT2D eigenvalue weighted by atomic mass is 9.91. The standard InChI is InChI=1S/C18H18O2S/c19-16(9-10-21)18(20)17-14-7-3-1-5-12(14)11-13-6-2-4-8-15(13)17/h1-8,11,16,18-21H,9-10H2. The molecule has 0 saturated heterocycles. The predicted molar refractivity (Wildman–Crippen MR) is 90.9 cm³/mol. The van der Waals surface area contributed by atoms with Crippen LogP contribution in [0.15, 0.2) is 54.6 Å². The zero-order valence-electron chi connectivity index (χ0n) is 11.6. The number of hydrogen-bond acceptors (Lipinski definition) is 3. The minimum absolute atomic E-state index is 0.460. The third kappa shape index (κ3) is 2.64. The van der Waals surface area contributed by atoms with Gasteiger partial charge in [-0.05, 0) is 45.3 Å². The fourth-order valence-corrected chi connectivity index (χ4v) is 3.11. The lowest BCUT2D eigenvalue weighted by Crippen LogP contribution is -2.19. The highest BCUT2D eigenvalue weighted by molar-refractivity contribution is 7.80. The van der Waals surface area contributed by atoms with Crippen molar-refractivity contribution in [1.82, 2.24) is 0 Å². The van der Waals surface area contributed by atoms with E-state index in [1.807, 2.05) is 48.5 Å². The van der Waals surface area contributed by atoms with Gasteiger partial charge in [-0.3, -0.25) is 0 Å². The van der Waals surface area contributed by atoms with E-state index in [2.05, 4.69) is 18.7 Å². The van der Waals surface area contributed by atoms with Gasteiger partial charge >= 0.3 is 0 Å². The maximum atomic E-state index is 10.6. The van der Waals surface area contributed by atoms with Gasteiger partial charge in [-0.25, -0.2) is 0 Å². The summed E-state index contributed by atoms with van der Waals surface area (Å²) in [4.78, 5) is 0. The summed E-state index contributed by atoms with van der Waals surface area (Å²) >= 11 is 4.14. The van der Waals surface area contributed by atoms with Crippen molar-refractivity contribution in [3.05, 3.63) is 60.2 Å². The first kappa shape index (κ1) is 14.4. The lowest BCUT2D eigenvalue weighted by Gasteiger charge is -2.21. The molecule has 0 aliphatic rings. The van der Waals surface area contributed by atoms with Crippen molar-refractivity contribution >= 4 is 34.2 Å². The summed E-state index contributed by atoms with van der Waals surface area (Å²) in [5.74, 6) is 0.543. The van der Waals surface area contributed by atoms with Gasteiger partial charge in [0.25, 0.3) is 0 Å². The highest BCUT2D eigenvalue weighted by Gasteiger charge is 2.22. The van der Waals surface area contributed by atoms with Gasteiger partial charge in [0.15, 0.2) is 0 Å². The Hall–Kier alpha value is -1.55. The molecule has 0 fully saturated rings. The molecule has 2 N–H and O–H groups in total. The van der Waals surface area contributed by atoms with Gasteiger partial charge in [0.1, 0.15) is 6.10 Å². The molecule has 0 aliphatic carbocycles. The van der Waals surface area contributed by atoms with E-state index in [1.54, 1.807) is 0 Å². The van der Waals surface area contributed by atoms with Crippen LogP contribution in [0.5, 0.6) is 0 Å². The summed E-state index contributed by atoms with van der Waals surface area (Å²) in [6.45, 7) is 0. The first-order valence-electron chi connectivity index (χ1n) is 7.09. The number of aliphatic hydroxyl groups excluding tert-OH is 2. The number of hydrogen-bond donors (Lipinski definition) is 3. The fraction of sp³-hybridized carbons (Fsp3) is 0.222. The molecule has 0 aromatic heterocycles. The van der Waals surface area contributed by atoms with E-state index in [4.69, 9.17) is 0 Å². The first-order chi connectivity index (χ1) is 10.2. The Labute approximate surface area is 129 Å². The molecule has 0 bridgehead atoms. The molecule has 21 heavy (non-hydrogen) atoms. The maximum absolute atomic E-state index is 10.6. The molecule has 3 rings (SSSR count). The molecule has 2 unspecified atom stereocenters.